The predicted molar refractivity (Wildman–Crippen MR) is 80.6 cm³/mol. The topological polar surface area (TPSA) is 59.6 Å². The van der Waals surface area contributed by atoms with Crippen LogP contribution < -0.4 is 15.4 Å². The number of carbonyl (C=O) groups excluding carboxylic acids is 1. The first kappa shape index (κ1) is 16.8. The summed E-state index contributed by atoms with van der Waals surface area (Å²) >= 11 is 5.98. The summed E-state index contributed by atoms with van der Waals surface area (Å²) in [4.78, 5) is 11.7. The molecular formula is C14H21ClN2O3. The minimum absolute atomic E-state index is 0.109. The summed E-state index contributed by atoms with van der Waals surface area (Å²) in [7, 11) is 1.55. The Morgan fingerprint density at radius 2 is 2.20 bits per heavy atom. The molecule has 0 aliphatic rings. The van der Waals surface area contributed by atoms with E-state index in [1.807, 2.05) is 6.92 Å². The standard InChI is InChI=1S/C14H21ClN2O3/c1-3-20-8-4-7-16-10-14(18)17-11-5-6-13(19-2)12(15)9-11/h5-6,9,16H,3-4,7-8,10H2,1-2H3,(H,17,18). The maximum Gasteiger partial charge on any atom is 0.238 e. The third kappa shape index (κ3) is 6.23. The van der Waals surface area contributed by atoms with Crippen LogP contribution in [0.4, 0.5) is 5.69 Å². The molecule has 0 unspecified atom stereocenters. The van der Waals surface area contributed by atoms with Crippen molar-refractivity contribution in [2.24, 2.45) is 0 Å². The molecule has 5 nitrogen and oxygen atoms in total. The number of rotatable bonds is 9. The molecular weight excluding hydrogens is 280 g/mol. The van der Waals surface area contributed by atoms with Crippen molar-refractivity contribution in [3.05, 3.63) is 23.2 Å². The highest BCUT2D eigenvalue weighted by atomic mass is 35.5. The van der Waals surface area contributed by atoms with Crippen molar-refractivity contribution < 1.29 is 14.3 Å². The zero-order valence-electron chi connectivity index (χ0n) is 11.9. The SMILES string of the molecule is CCOCCCNCC(=O)Nc1ccc(OC)c(Cl)c1. The largest absolute Gasteiger partial charge is 0.495 e. The Hall–Kier alpha value is -1.30. The van der Waals surface area contributed by atoms with Crippen LogP contribution in [0, 0.1) is 0 Å². The highest BCUT2D eigenvalue weighted by molar-refractivity contribution is 6.32. The summed E-state index contributed by atoms with van der Waals surface area (Å²) in [6, 6.07) is 5.12. The van der Waals surface area contributed by atoms with Crippen molar-refractivity contribution in [3.63, 3.8) is 0 Å². The molecule has 0 radical (unpaired) electrons. The number of anilines is 1. The number of methoxy groups -OCH3 is 1. The number of halogens is 1. The van der Waals surface area contributed by atoms with Crippen LogP contribution in [0.5, 0.6) is 5.75 Å². The van der Waals surface area contributed by atoms with Gasteiger partial charge in [0.25, 0.3) is 0 Å². The number of benzene rings is 1. The van der Waals surface area contributed by atoms with Crippen LogP contribution in [0.15, 0.2) is 18.2 Å². The maximum absolute atomic E-state index is 11.7. The molecule has 0 atom stereocenters. The van der Waals surface area contributed by atoms with Crippen LogP contribution in [0.1, 0.15) is 13.3 Å². The van der Waals surface area contributed by atoms with Crippen LogP contribution in [-0.2, 0) is 9.53 Å². The smallest absolute Gasteiger partial charge is 0.238 e. The lowest BCUT2D eigenvalue weighted by molar-refractivity contribution is -0.115. The van der Waals surface area contributed by atoms with E-state index in [1.54, 1.807) is 25.3 Å². The zero-order valence-corrected chi connectivity index (χ0v) is 12.6. The molecule has 0 saturated heterocycles. The monoisotopic (exact) mass is 300 g/mol. The number of nitrogens with one attached hydrogen (secondary N) is 2. The van der Waals surface area contributed by atoms with Crippen molar-refractivity contribution in [2.75, 3.05) is 38.7 Å². The van der Waals surface area contributed by atoms with Crippen molar-refractivity contribution in [1.29, 1.82) is 0 Å². The van der Waals surface area contributed by atoms with Gasteiger partial charge in [-0.2, -0.15) is 0 Å². The quantitative estimate of drug-likeness (QED) is 0.687. The minimum atomic E-state index is -0.109. The highest BCUT2D eigenvalue weighted by Crippen LogP contribution is 2.26. The Bertz CT molecular complexity index is 427. The molecule has 1 amide bonds. The second-order valence-corrected chi connectivity index (χ2v) is 4.53. The second kappa shape index (κ2) is 9.58. The summed E-state index contributed by atoms with van der Waals surface area (Å²) in [6.07, 6.45) is 0.884. The van der Waals surface area contributed by atoms with Gasteiger partial charge in [-0.05, 0) is 38.1 Å². The van der Waals surface area contributed by atoms with Gasteiger partial charge in [0.2, 0.25) is 5.91 Å². The van der Waals surface area contributed by atoms with Crippen molar-refractivity contribution in [3.8, 4) is 5.75 Å². The van der Waals surface area contributed by atoms with E-state index in [0.717, 1.165) is 19.6 Å². The van der Waals surface area contributed by atoms with Crippen LogP contribution in [0.25, 0.3) is 0 Å². The Balaban J connectivity index is 2.26. The van der Waals surface area contributed by atoms with E-state index in [1.165, 1.54) is 0 Å². The van der Waals surface area contributed by atoms with Crippen molar-refractivity contribution >= 4 is 23.2 Å². The van der Waals surface area contributed by atoms with E-state index in [4.69, 9.17) is 21.1 Å². The molecule has 2 N–H and O–H groups in total. The van der Waals surface area contributed by atoms with Gasteiger partial charge in [-0.1, -0.05) is 11.6 Å². The van der Waals surface area contributed by atoms with E-state index < -0.39 is 0 Å². The first-order valence-electron chi connectivity index (χ1n) is 6.59. The van der Waals surface area contributed by atoms with Crippen LogP contribution in [0.3, 0.4) is 0 Å². The Kier molecular flexibility index (Phi) is 8.02. The van der Waals surface area contributed by atoms with Crippen LogP contribution >= 0.6 is 11.6 Å². The van der Waals surface area contributed by atoms with E-state index in [2.05, 4.69) is 10.6 Å². The number of ether oxygens (including phenoxy) is 2. The molecule has 6 heteroatoms. The molecule has 0 aliphatic heterocycles. The summed E-state index contributed by atoms with van der Waals surface area (Å²) < 4.78 is 10.3. The van der Waals surface area contributed by atoms with E-state index in [9.17, 15) is 4.79 Å². The molecule has 112 valence electrons. The summed E-state index contributed by atoms with van der Waals surface area (Å²) in [5.74, 6) is 0.473. The molecule has 0 saturated carbocycles. The summed E-state index contributed by atoms with van der Waals surface area (Å²) in [5.41, 5.74) is 0.650. The molecule has 0 spiro atoms. The molecule has 0 aliphatic carbocycles. The second-order valence-electron chi connectivity index (χ2n) is 4.12. The summed E-state index contributed by atoms with van der Waals surface area (Å²) in [6.45, 7) is 4.39. The van der Waals surface area contributed by atoms with Gasteiger partial charge in [0.15, 0.2) is 0 Å². The van der Waals surface area contributed by atoms with Gasteiger partial charge in [-0.25, -0.2) is 0 Å². The minimum Gasteiger partial charge on any atom is -0.495 e. The van der Waals surface area contributed by atoms with Gasteiger partial charge in [0.05, 0.1) is 18.7 Å². The van der Waals surface area contributed by atoms with Gasteiger partial charge >= 0.3 is 0 Å². The molecule has 0 heterocycles. The van der Waals surface area contributed by atoms with Crippen LogP contribution in [0.2, 0.25) is 5.02 Å². The zero-order chi connectivity index (χ0) is 14.8. The number of hydrogen-bond donors (Lipinski definition) is 2. The van der Waals surface area contributed by atoms with E-state index >= 15 is 0 Å². The fraction of sp³-hybridized carbons (Fsp3) is 0.500. The molecule has 0 bridgehead atoms. The third-order valence-corrected chi connectivity index (χ3v) is 2.86. The lowest BCUT2D eigenvalue weighted by Crippen LogP contribution is -2.29. The average Bonchev–Trinajstić information content (AvgIpc) is 2.43. The van der Waals surface area contributed by atoms with Crippen molar-refractivity contribution in [1.82, 2.24) is 5.32 Å². The van der Waals surface area contributed by atoms with Gasteiger partial charge in [-0.15, -0.1) is 0 Å². The fourth-order valence-electron chi connectivity index (χ4n) is 1.59. The number of carbonyl (C=O) groups is 1. The molecule has 0 aromatic heterocycles. The lowest BCUT2D eigenvalue weighted by Gasteiger charge is -2.09. The average molecular weight is 301 g/mol. The molecule has 1 rings (SSSR count). The Morgan fingerprint density at radius 1 is 1.40 bits per heavy atom. The van der Waals surface area contributed by atoms with E-state index in [0.29, 0.717) is 23.1 Å². The van der Waals surface area contributed by atoms with Crippen LogP contribution in [-0.4, -0.2) is 39.3 Å². The number of hydrogen-bond acceptors (Lipinski definition) is 4. The lowest BCUT2D eigenvalue weighted by atomic mass is 10.3. The molecule has 1 aromatic carbocycles. The van der Waals surface area contributed by atoms with E-state index in [-0.39, 0.29) is 12.5 Å². The summed E-state index contributed by atoms with van der Waals surface area (Å²) in [5, 5.41) is 6.28. The Morgan fingerprint density at radius 3 is 2.85 bits per heavy atom. The Labute approximate surface area is 124 Å². The predicted octanol–water partition coefficient (Wildman–Crippen LogP) is 2.30. The molecule has 1 aromatic rings. The first-order valence-corrected chi connectivity index (χ1v) is 6.97. The van der Waals surface area contributed by atoms with Gasteiger partial charge < -0.3 is 20.1 Å². The third-order valence-electron chi connectivity index (χ3n) is 2.57. The molecule has 20 heavy (non-hydrogen) atoms. The van der Waals surface area contributed by atoms with Crippen molar-refractivity contribution in [2.45, 2.75) is 13.3 Å². The maximum atomic E-state index is 11.7. The molecule has 0 fully saturated rings. The number of amides is 1. The van der Waals surface area contributed by atoms with Gasteiger partial charge in [-0.3, -0.25) is 4.79 Å². The van der Waals surface area contributed by atoms with Gasteiger partial charge in [0, 0.05) is 18.9 Å². The van der Waals surface area contributed by atoms with Gasteiger partial charge in [0.1, 0.15) is 5.75 Å². The highest BCUT2D eigenvalue weighted by Gasteiger charge is 2.05. The fourth-order valence-corrected chi connectivity index (χ4v) is 1.85. The normalized spacial score (nSPS) is 10.3. The first-order chi connectivity index (χ1) is 9.67.